The Bertz CT molecular complexity index is 1360. The van der Waals surface area contributed by atoms with Gasteiger partial charge in [-0.1, -0.05) is 42.1 Å². The lowest BCUT2D eigenvalue weighted by molar-refractivity contribution is -0.113. The average Bonchev–Trinajstić information content (AvgIpc) is 3.26. The number of nitrogens with zero attached hydrogens (tertiary/aromatic N) is 5. The minimum absolute atomic E-state index is 0.0986. The molecule has 0 spiro atoms. The fourth-order valence-electron chi connectivity index (χ4n) is 4.57. The summed E-state index contributed by atoms with van der Waals surface area (Å²) < 4.78 is 3.81. The molecule has 4 aromatic rings. The molecule has 172 valence electrons. The smallest absolute Gasteiger partial charge is 0.236 e. The van der Waals surface area contributed by atoms with Crippen molar-refractivity contribution < 1.29 is 4.79 Å². The van der Waals surface area contributed by atoms with Crippen molar-refractivity contribution in [1.82, 2.24) is 24.5 Å². The predicted octanol–water partition coefficient (Wildman–Crippen LogP) is 4.76. The molecule has 34 heavy (non-hydrogen) atoms. The monoisotopic (exact) mass is 470 g/mol. The normalized spacial score (nSPS) is 14.9. The summed E-state index contributed by atoms with van der Waals surface area (Å²) in [5.74, 6) is 2.36. The molecule has 0 atom stereocenters. The van der Waals surface area contributed by atoms with Gasteiger partial charge >= 0.3 is 0 Å². The van der Waals surface area contributed by atoms with E-state index in [-0.39, 0.29) is 11.7 Å². The number of rotatable bonds is 7. The highest BCUT2D eigenvalue weighted by molar-refractivity contribution is 7.99. The number of fused-ring (bicyclic) bond motifs is 1. The molecular formula is C26H26N6OS. The first-order valence-corrected chi connectivity index (χ1v) is 12.7. The third-order valence-electron chi connectivity index (χ3n) is 6.52. The molecule has 0 aliphatic heterocycles. The topological polar surface area (TPSA) is 77.6 Å². The van der Waals surface area contributed by atoms with Gasteiger partial charge in [-0.15, -0.1) is 10.2 Å². The molecule has 1 fully saturated rings. The van der Waals surface area contributed by atoms with Gasteiger partial charge in [0.2, 0.25) is 5.91 Å². The Balaban J connectivity index is 1.24. The summed E-state index contributed by atoms with van der Waals surface area (Å²) in [6.07, 6.45) is 5.83. The number of anilines is 1. The standard InChI is InChI=1S/C26H26N6OS/c1-31-25(18-11-12-18)28-29-26(31)34-16-24(33)27-23-15-22(30-32(23)21-8-3-2-4-9-21)20-13-10-17-6-5-7-19(17)14-20/h2-4,8-10,13-15,18H,5-7,11-12,16H2,1H3,(H,27,33). The second-order valence-electron chi connectivity index (χ2n) is 9.01. The number of benzene rings is 2. The fraction of sp³-hybridized carbons (Fsp3) is 0.308. The van der Waals surface area contributed by atoms with Crippen LogP contribution in [-0.4, -0.2) is 36.2 Å². The van der Waals surface area contributed by atoms with Gasteiger partial charge in [0.1, 0.15) is 11.6 Å². The summed E-state index contributed by atoms with van der Waals surface area (Å²) >= 11 is 1.41. The number of carbonyl (C=O) groups is 1. The van der Waals surface area contributed by atoms with Crippen LogP contribution in [0.5, 0.6) is 0 Å². The van der Waals surface area contributed by atoms with E-state index in [1.807, 2.05) is 48.0 Å². The van der Waals surface area contributed by atoms with Gasteiger partial charge in [-0.05, 0) is 61.4 Å². The van der Waals surface area contributed by atoms with Crippen molar-refractivity contribution in [2.75, 3.05) is 11.1 Å². The summed E-state index contributed by atoms with van der Waals surface area (Å²) in [4.78, 5) is 12.9. The first kappa shape index (κ1) is 21.2. The summed E-state index contributed by atoms with van der Waals surface area (Å²) in [6.45, 7) is 0. The maximum absolute atomic E-state index is 12.9. The molecule has 0 bridgehead atoms. The minimum atomic E-state index is -0.0986. The quantitative estimate of drug-likeness (QED) is 0.394. The highest BCUT2D eigenvalue weighted by Crippen LogP contribution is 2.39. The largest absolute Gasteiger partial charge is 0.310 e. The number of hydrogen-bond acceptors (Lipinski definition) is 5. The maximum Gasteiger partial charge on any atom is 0.236 e. The number of aryl methyl sites for hydroxylation is 2. The molecule has 0 radical (unpaired) electrons. The Morgan fingerprint density at radius 3 is 2.71 bits per heavy atom. The van der Waals surface area contributed by atoms with Crippen molar-refractivity contribution in [2.45, 2.75) is 43.2 Å². The highest BCUT2D eigenvalue weighted by Gasteiger charge is 2.29. The van der Waals surface area contributed by atoms with Gasteiger partial charge in [0.05, 0.1) is 17.1 Å². The van der Waals surface area contributed by atoms with Crippen molar-refractivity contribution in [1.29, 1.82) is 0 Å². The van der Waals surface area contributed by atoms with Crippen LogP contribution < -0.4 is 5.32 Å². The molecule has 2 aromatic heterocycles. The molecule has 0 unspecified atom stereocenters. The second kappa shape index (κ2) is 8.76. The highest BCUT2D eigenvalue weighted by atomic mass is 32.2. The van der Waals surface area contributed by atoms with Crippen LogP contribution in [0.1, 0.15) is 42.1 Å². The third-order valence-corrected chi connectivity index (χ3v) is 7.54. The number of aromatic nitrogens is 5. The molecule has 2 aliphatic carbocycles. The van der Waals surface area contributed by atoms with Gasteiger partial charge in [0.25, 0.3) is 0 Å². The molecule has 0 saturated heterocycles. The molecule has 2 aliphatic rings. The first-order valence-electron chi connectivity index (χ1n) is 11.8. The van der Waals surface area contributed by atoms with E-state index in [2.05, 4.69) is 33.7 Å². The van der Waals surface area contributed by atoms with Crippen LogP contribution in [-0.2, 0) is 24.7 Å². The Hall–Kier alpha value is -3.39. The SMILES string of the molecule is Cn1c(SCC(=O)Nc2cc(-c3ccc4c(c3)CCC4)nn2-c2ccccc2)nnc1C1CC1. The van der Waals surface area contributed by atoms with Crippen LogP contribution in [0.25, 0.3) is 16.9 Å². The lowest BCUT2D eigenvalue weighted by Gasteiger charge is -2.08. The number of amides is 1. The Kier molecular flexibility index (Phi) is 5.45. The van der Waals surface area contributed by atoms with Crippen LogP contribution in [0.3, 0.4) is 0 Å². The number of nitrogens with one attached hydrogen (secondary N) is 1. The summed E-state index contributed by atoms with van der Waals surface area (Å²) in [5.41, 5.74) is 5.67. The summed E-state index contributed by atoms with van der Waals surface area (Å²) in [5, 5.41) is 17.3. The Labute approximate surface area is 202 Å². The van der Waals surface area contributed by atoms with Gasteiger partial charge in [0, 0.05) is 24.6 Å². The minimum Gasteiger partial charge on any atom is -0.310 e. The van der Waals surface area contributed by atoms with E-state index in [9.17, 15) is 4.79 Å². The molecule has 1 N–H and O–H groups in total. The third kappa shape index (κ3) is 4.14. The molecule has 1 amide bonds. The molecule has 8 heteroatoms. The summed E-state index contributed by atoms with van der Waals surface area (Å²) in [7, 11) is 1.97. The van der Waals surface area contributed by atoms with E-state index in [4.69, 9.17) is 5.10 Å². The zero-order valence-electron chi connectivity index (χ0n) is 19.1. The van der Waals surface area contributed by atoms with Crippen LogP contribution in [0, 0.1) is 0 Å². The van der Waals surface area contributed by atoms with Gasteiger partial charge in [-0.25, -0.2) is 4.68 Å². The van der Waals surface area contributed by atoms with Crippen molar-refractivity contribution in [3.05, 3.63) is 71.5 Å². The van der Waals surface area contributed by atoms with E-state index in [1.165, 1.54) is 42.2 Å². The van der Waals surface area contributed by atoms with E-state index in [0.717, 1.165) is 40.8 Å². The predicted molar refractivity (Wildman–Crippen MR) is 133 cm³/mol. The van der Waals surface area contributed by atoms with Crippen LogP contribution >= 0.6 is 11.8 Å². The molecule has 2 heterocycles. The second-order valence-corrected chi connectivity index (χ2v) is 9.95. The Morgan fingerprint density at radius 2 is 1.88 bits per heavy atom. The number of carbonyl (C=O) groups excluding carboxylic acids is 1. The van der Waals surface area contributed by atoms with Crippen molar-refractivity contribution in [2.24, 2.45) is 7.05 Å². The average molecular weight is 471 g/mol. The van der Waals surface area contributed by atoms with Crippen LogP contribution in [0.4, 0.5) is 5.82 Å². The van der Waals surface area contributed by atoms with Crippen molar-refractivity contribution in [3.8, 4) is 16.9 Å². The van der Waals surface area contributed by atoms with Crippen molar-refractivity contribution >= 4 is 23.5 Å². The van der Waals surface area contributed by atoms with Crippen molar-refractivity contribution in [3.63, 3.8) is 0 Å². The maximum atomic E-state index is 12.9. The molecular weight excluding hydrogens is 444 g/mol. The van der Waals surface area contributed by atoms with E-state index < -0.39 is 0 Å². The molecule has 2 aromatic carbocycles. The first-order chi connectivity index (χ1) is 16.7. The fourth-order valence-corrected chi connectivity index (χ4v) is 5.28. The lowest BCUT2D eigenvalue weighted by Crippen LogP contribution is -2.17. The van der Waals surface area contributed by atoms with Gasteiger partial charge in [-0.3, -0.25) is 4.79 Å². The number of para-hydroxylation sites is 1. The van der Waals surface area contributed by atoms with Gasteiger partial charge in [0.15, 0.2) is 5.16 Å². The lowest BCUT2D eigenvalue weighted by atomic mass is 10.0. The van der Waals surface area contributed by atoms with Crippen LogP contribution in [0.2, 0.25) is 0 Å². The molecule has 7 nitrogen and oxygen atoms in total. The summed E-state index contributed by atoms with van der Waals surface area (Å²) in [6, 6.07) is 18.4. The Morgan fingerprint density at radius 1 is 1.06 bits per heavy atom. The van der Waals surface area contributed by atoms with E-state index in [1.54, 1.807) is 4.68 Å². The van der Waals surface area contributed by atoms with Gasteiger partial charge < -0.3 is 9.88 Å². The molecule has 6 rings (SSSR count). The zero-order chi connectivity index (χ0) is 23.1. The number of thioether (sulfide) groups is 1. The number of hydrogen-bond donors (Lipinski definition) is 1. The van der Waals surface area contributed by atoms with E-state index in [0.29, 0.717) is 11.7 Å². The van der Waals surface area contributed by atoms with Crippen LogP contribution in [0.15, 0.2) is 59.8 Å². The zero-order valence-corrected chi connectivity index (χ0v) is 19.9. The molecule has 1 saturated carbocycles. The van der Waals surface area contributed by atoms with Gasteiger partial charge in [-0.2, -0.15) is 5.10 Å². The van der Waals surface area contributed by atoms with E-state index >= 15 is 0 Å².